The minimum absolute atomic E-state index is 0.387. The van der Waals surface area contributed by atoms with E-state index >= 15 is 0 Å². The van der Waals surface area contributed by atoms with Crippen molar-refractivity contribution < 1.29 is 19.1 Å². The molecule has 42 heavy (non-hydrogen) atoms. The van der Waals surface area contributed by atoms with Crippen molar-refractivity contribution in [3.8, 4) is 22.6 Å². The van der Waals surface area contributed by atoms with Gasteiger partial charge in [0.05, 0.1) is 22.6 Å². The molecule has 1 spiro atoms. The normalized spacial score (nSPS) is 13.7. The molecule has 5 aromatic carbocycles. The van der Waals surface area contributed by atoms with E-state index in [1.54, 1.807) is 0 Å². The van der Waals surface area contributed by atoms with Gasteiger partial charge < -0.3 is 31.2 Å². The maximum atomic E-state index is 13.9. The highest BCUT2D eigenvalue weighted by Crippen LogP contribution is 2.57. The Morgan fingerprint density at radius 3 is 2.05 bits per heavy atom. The second kappa shape index (κ2) is 9.71. The number of fused-ring (bicyclic) bond motifs is 6. The number of rotatable bonds is 5. The van der Waals surface area contributed by atoms with E-state index in [-0.39, 0.29) is 0 Å². The van der Waals surface area contributed by atoms with Gasteiger partial charge in [-0.3, -0.25) is 0 Å². The standard InChI is InChI=1S/C34H26N4O4/c1-36-22-18-25-31(32(39)42-34(25)23-11-5-7-13-29(23)41-30-14-8-6-12-24(30)34)28(19-22)37-26-16-15-21(17-27(26)38-33(35)40)20-9-3-2-4-10-20/h2-19,36-37H,1H3,(H3,35,38,40). The van der Waals surface area contributed by atoms with E-state index < -0.39 is 17.6 Å². The van der Waals surface area contributed by atoms with Crippen LogP contribution >= 0.6 is 0 Å². The number of carbonyl (C=O) groups is 2. The Morgan fingerprint density at radius 2 is 1.38 bits per heavy atom. The zero-order valence-electron chi connectivity index (χ0n) is 22.6. The summed E-state index contributed by atoms with van der Waals surface area (Å²) >= 11 is 0. The molecule has 0 aliphatic carbocycles. The molecule has 8 nitrogen and oxygen atoms in total. The monoisotopic (exact) mass is 554 g/mol. The third kappa shape index (κ3) is 3.92. The molecule has 5 aromatic rings. The summed E-state index contributed by atoms with van der Waals surface area (Å²) in [5, 5.41) is 9.33. The maximum absolute atomic E-state index is 13.9. The predicted octanol–water partition coefficient (Wildman–Crippen LogP) is 7.20. The van der Waals surface area contributed by atoms with Crippen LogP contribution in [0.2, 0.25) is 0 Å². The molecule has 0 saturated carbocycles. The third-order valence-corrected chi connectivity index (χ3v) is 7.66. The van der Waals surface area contributed by atoms with E-state index in [4.69, 9.17) is 15.2 Å². The number of para-hydroxylation sites is 2. The molecule has 0 atom stereocenters. The molecule has 7 rings (SSSR count). The fraction of sp³-hybridized carbons (Fsp3) is 0.0588. The van der Waals surface area contributed by atoms with Crippen LogP contribution in [0.4, 0.5) is 27.5 Å². The van der Waals surface area contributed by atoms with E-state index in [0.717, 1.165) is 27.9 Å². The van der Waals surface area contributed by atoms with E-state index in [1.807, 2.05) is 116 Å². The quantitative estimate of drug-likeness (QED) is 0.171. The predicted molar refractivity (Wildman–Crippen MR) is 163 cm³/mol. The molecule has 2 aliphatic rings. The van der Waals surface area contributed by atoms with Crippen LogP contribution in [-0.4, -0.2) is 19.0 Å². The topological polar surface area (TPSA) is 115 Å². The minimum Gasteiger partial charge on any atom is -0.456 e. The summed E-state index contributed by atoms with van der Waals surface area (Å²) in [7, 11) is 1.82. The summed E-state index contributed by atoms with van der Waals surface area (Å²) in [6, 6.07) is 33.7. The molecule has 2 heterocycles. The van der Waals surface area contributed by atoms with Gasteiger partial charge in [0.1, 0.15) is 11.5 Å². The van der Waals surface area contributed by atoms with Crippen molar-refractivity contribution in [3.63, 3.8) is 0 Å². The Kier molecular flexibility index (Phi) is 5.83. The number of hydrogen-bond acceptors (Lipinski definition) is 6. The lowest BCUT2D eigenvalue weighted by Crippen LogP contribution is -2.33. The zero-order chi connectivity index (χ0) is 28.8. The minimum atomic E-state index is -1.22. The van der Waals surface area contributed by atoms with Crippen molar-refractivity contribution in [1.82, 2.24) is 0 Å². The number of benzene rings is 5. The van der Waals surface area contributed by atoms with Crippen molar-refractivity contribution in [1.29, 1.82) is 0 Å². The van der Waals surface area contributed by atoms with Gasteiger partial charge in [-0.25, -0.2) is 9.59 Å². The van der Waals surface area contributed by atoms with Gasteiger partial charge in [-0.15, -0.1) is 0 Å². The van der Waals surface area contributed by atoms with Crippen LogP contribution in [0.25, 0.3) is 11.1 Å². The smallest absolute Gasteiger partial charge is 0.342 e. The van der Waals surface area contributed by atoms with Crippen LogP contribution in [0.1, 0.15) is 27.0 Å². The lowest BCUT2D eigenvalue weighted by molar-refractivity contribution is 0.0225. The Labute approximate surface area is 242 Å². The second-order valence-corrected chi connectivity index (χ2v) is 10.1. The van der Waals surface area contributed by atoms with E-state index in [9.17, 15) is 9.59 Å². The number of nitrogens with two attached hydrogens (primary N) is 1. The van der Waals surface area contributed by atoms with Crippen molar-refractivity contribution >= 4 is 34.7 Å². The first kappa shape index (κ1) is 25.2. The fourth-order valence-corrected chi connectivity index (χ4v) is 5.83. The second-order valence-electron chi connectivity index (χ2n) is 10.1. The fourth-order valence-electron chi connectivity index (χ4n) is 5.83. The number of nitrogens with one attached hydrogen (secondary N) is 3. The number of carbonyl (C=O) groups excluding carboxylic acids is 2. The third-order valence-electron chi connectivity index (χ3n) is 7.66. The number of primary amides is 1. The molecule has 8 heteroatoms. The van der Waals surface area contributed by atoms with Crippen LogP contribution in [-0.2, 0) is 10.3 Å². The molecule has 0 bridgehead atoms. The average molecular weight is 555 g/mol. The molecule has 5 N–H and O–H groups in total. The molecule has 0 fully saturated rings. The summed E-state index contributed by atoms with van der Waals surface area (Å²) < 4.78 is 12.6. The highest BCUT2D eigenvalue weighted by Gasteiger charge is 2.54. The lowest BCUT2D eigenvalue weighted by Gasteiger charge is -2.36. The molecule has 2 amide bonds. The van der Waals surface area contributed by atoms with Crippen LogP contribution < -0.4 is 26.4 Å². The van der Waals surface area contributed by atoms with Gasteiger partial charge in [0, 0.05) is 29.4 Å². The Morgan fingerprint density at radius 1 is 0.714 bits per heavy atom. The Hall–Kier alpha value is -5.76. The van der Waals surface area contributed by atoms with Crippen molar-refractivity contribution in [2.45, 2.75) is 5.60 Å². The first-order chi connectivity index (χ1) is 20.5. The highest BCUT2D eigenvalue weighted by molar-refractivity contribution is 6.05. The van der Waals surface area contributed by atoms with E-state index in [1.165, 1.54) is 0 Å². The molecule has 0 aromatic heterocycles. The van der Waals surface area contributed by atoms with Crippen molar-refractivity contribution in [2.24, 2.45) is 5.73 Å². The van der Waals surface area contributed by atoms with Gasteiger partial charge in [0.2, 0.25) is 0 Å². The Balaban J connectivity index is 1.41. The summed E-state index contributed by atoms with van der Waals surface area (Å²) in [4.78, 5) is 25.8. The number of anilines is 4. The molecule has 2 aliphatic heterocycles. The SMILES string of the molecule is CNc1cc(Nc2ccc(-c3ccccc3)cc2NC(N)=O)c2c(c1)C1(OC2=O)c2ccccc2Oc2ccccc21. The van der Waals surface area contributed by atoms with E-state index in [2.05, 4.69) is 16.0 Å². The van der Waals surface area contributed by atoms with Crippen molar-refractivity contribution in [3.05, 3.63) is 131 Å². The number of urea groups is 1. The summed E-state index contributed by atoms with van der Waals surface area (Å²) in [5.74, 6) is 0.753. The van der Waals surface area contributed by atoms with Crippen molar-refractivity contribution in [2.75, 3.05) is 23.0 Å². The summed E-state index contributed by atoms with van der Waals surface area (Å²) in [6.07, 6.45) is 0. The lowest BCUT2D eigenvalue weighted by atomic mass is 9.77. The highest BCUT2D eigenvalue weighted by atomic mass is 16.6. The van der Waals surface area contributed by atoms with Gasteiger partial charge in [-0.2, -0.15) is 0 Å². The number of ether oxygens (including phenoxy) is 2. The van der Waals surface area contributed by atoms with Crippen LogP contribution in [0.15, 0.2) is 109 Å². The number of esters is 1. The molecule has 0 saturated heterocycles. The van der Waals surface area contributed by atoms with Gasteiger partial charge in [-0.1, -0.05) is 72.8 Å². The zero-order valence-corrected chi connectivity index (χ0v) is 22.6. The first-order valence-electron chi connectivity index (χ1n) is 13.5. The number of hydrogen-bond donors (Lipinski definition) is 4. The average Bonchev–Trinajstić information content (AvgIpc) is 3.30. The molecule has 0 radical (unpaired) electrons. The van der Waals surface area contributed by atoms with E-state index in [0.29, 0.717) is 39.7 Å². The maximum Gasteiger partial charge on any atom is 0.342 e. The molecular weight excluding hydrogens is 528 g/mol. The van der Waals surface area contributed by atoms with Gasteiger partial charge >= 0.3 is 12.0 Å². The molecular formula is C34H26N4O4. The summed E-state index contributed by atoms with van der Waals surface area (Å²) in [5.41, 5.74) is 11.0. The largest absolute Gasteiger partial charge is 0.456 e. The number of amides is 2. The van der Waals surface area contributed by atoms with Crippen LogP contribution in [0, 0.1) is 0 Å². The Bertz CT molecular complexity index is 1840. The molecule has 0 unspecified atom stereocenters. The van der Waals surface area contributed by atoms with Gasteiger partial charge in [0.15, 0.2) is 5.60 Å². The van der Waals surface area contributed by atoms with Gasteiger partial charge in [0.25, 0.3) is 0 Å². The first-order valence-corrected chi connectivity index (χ1v) is 13.5. The molecule has 206 valence electrons. The van der Waals surface area contributed by atoms with Crippen LogP contribution in [0.3, 0.4) is 0 Å². The summed E-state index contributed by atoms with van der Waals surface area (Å²) in [6.45, 7) is 0. The van der Waals surface area contributed by atoms with Crippen LogP contribution in [0.5, 0.6) is 11.5 Å². The van der Waals surface area contributed by atoms with Gasteiger partial charge in [-0.05, 0) is 47.5 Å².